The molecule has 1 aliphatic rings. The zero-order valence-electron chi connectivity index (χ0n) is 15.0. The Kier molecular flexibility index (Phi) is 5.05. The smallest absolute Gasteiger partial charge is 0.252 e. The van der Waals surface area contributed by atoms with Gasteiger partial charge in [-0.3, -0.25) is 9.78 Å². The molecule has 3 heterocycles. The number of nitrogens with one attached hydrogen (secondary N) is 1. The van der Waals surface area contributed by atoms with Crippen molar-refractivity contribution >= 4 is 28.4 Å². The monoisotopic (exact) mass is 381 g/mol. The van der Waals surface area contributed by atoms with Crippen molar-refractivity contribution in [2.24, 2.45) is 0 Å². The van der Waals surface area contributed by atoms with Gasteiger partial charge in [-0.1, -0.05) is 11.6 Å². The number of amides is 1. The minimum atomic E-state index is -0.150. The minimum Gasteiger partial charge on any atom is -0.376 e. The van der Waals surface area contributed by atoms with Gasteiger partial charge in [0, 0.05) is 35.0 Å². The Labute approximate surface area is 162 Å². The van der Waals surface area contributed by atoms with Gasteiger partial charge in [-0.15, -0.1) is 0 Å². The number of hydrogen-bond acceptors (Lipinski definition) is 4. The normalized spacial score (nSPS) is 17.8. The van der Waals surface area contributed by atoms with Crippen molar-refractivity contribution in [1.82, 2.24) is 15.3 Å². The SMILES string of the molecule is C[C@@H](NC(=O)c1cc(-c2ccncc2)nc2ccc(Cl)cc12)[C@H]1CCCO1. The number of halogens is 1. The number of fused-ring (bicyclic) bond motifs is 1. The quantitative estimate of drug-likeness (QED) is 0.733. The van der Waals surface area contributed by atoms with Crippen LogP contribution in [-0.4, -0.2) is 34.6 Å². The molecule has 1 N–H and O–H groups in total. The molecule has 0 saturated carbocycles. The van der Waals surface area contributed by atoms with E-state index in [1.54, 1.807) is 24.5 Å². The molecular formula is C21H20ClN3O2. The summed E-state index contributed by atoms with van der Waals surface area (Å²) in [5.74, 6) is -0.150. The molecule has 2 atom stereocenters. The van der Waals surface area contributed by atoms with Crippen LogP contribution in [0.3, 0.4) is 0 Å². The van der Waals surface area contributed by atoms with E-state index in [9.17, 15) is 4.79 Å². The van der Waals surface area contributed by atoms with Gasteiger partial charge >= 0.3 is 0 Å². The molecule has 1 aliphatic heterocycles. The van der Waals surface area contributed by atoms with Crippen LogP contribution in [-0.2, 0) is 4.74 Å². The summed E-state index contributed by atoms with van der Waals surface area (Å²) in [6, 6.07) is 10.9. The fraction of sp³-hybridized carbons (Fsp3) is 0.286. The minimum absolute atomic E-state index is 0.0605. The fourth-order valence-corrected chi connectivity index (χ4v) is 3.60. The molecule has 6 heteroatoms. The van der Waals surface area contributed by atoms with E-state index in [0.29, 0.717) is 10.6 Å². The summed E-state index contributed by atoms with van der Waals surface area (Å²) in [7, 11) is 0. The molecule has 0 bridgehead atoms. The molecule has 0 aliphatic carbocycles. The number of pyridine rings is 2. The molecule has 1 saturated heterocycles. The summed E-state index contributed by atoms with van der Waals surface area (Å²) < 4.78 is 5.70. The van der Waals surface area contributed by atoms with Gasteiger partial charge in [0.1, 0.15) is 0 Å². The van der Waals surface area contributed by atoms with Crippen molar-refractivity contribution in [3.63, 3.8) is 0 Å². The predicted molar refractivity (Wildman–Crippen MR) is 106 cm³/mol. The first-order valence-electron chi connectivity index (χ1n) is 9.05. The summed E-state index contributed by atoms with van der Waals surface area (Å²) in [5, 5.41) is 4.39. The van der Waals surface area contributed by atoms with Gasteiger partial charge in [0.05, 0.1) is 28.9 Å². The molecular weight excluding hydrogens is 362 g/mol. The molecule has 1 amide bonds. The third kappa shape index (κ3) is 3.80. The lowest BCUT2D eigenvalue weighted by atomic mass is 10.0. The van der Waals surface area contributed by atoms with E-state index < -0.39 is 0 Å². The van der Waals surface area contributed by atoms with Crippen molar-refractivity contribution < 1.29 is 9.53 Å². The maximum absolute atomic E-state index is 13.1. The highest BCUT2D eigenvalue weighted by Crippen LogP contribution is 2.27. The number of hydrogen-bond donors (Lipinski definition) is 1. The van der Waals surface area contributed by atoms with E-state index in [2.05, 4.69) is 10.3 Å². The van der Waals surface area contributed by atoms with Crippen LogP contribution in [0.1, 0.15) is 30.1 Å². The zero-order valence-corrected chi connectivity index (χ0v) is 15.7. The highest BCUT2D eigenvalue weighted by Gasteiger charge is 2.25. The van der Waals surface area contributed by atoms with E-state index in [1.807, 2.05) is 31.2 Å². The number of nitrogens with zero attached hydrogens (tertiary/aromatic N) is 2. The van der Waals surface area contributed by atoms with Crippen LogP contribution in [0.5, 0.6) is 0 Å². The van der Waals surface area contributed by atoms with Crippen LogP contribution in [0.25, 0.3) is 22.2 Å². The van der Waals surface area contributed by atoms with Gasteiger partial charge in [-0.25, -0.2) is 4.98 Å². The van der Waals surface area contributed by atoms with Crippen LogP contribution < -0.4 is 5.32 Å². The second kappa shape index (κ2) is 7.62. The van der Waals surface area contributed by atoms with Gasteiger partial charge in [0.25, 0.3) is 5.91 Å². The van der Waals surface area contributed by atoms with Crippen LogP contribution >= 0.6 is 11.6 Å². The van der Waals surface area contributed by atoms with Crippen molar-refractivity contribution in [2.75, 3.05) is 6.61 Å². The number of carbonyl (C=O) groups excluding carboxylic acids is 1. The summed E-state index contributed by atoms with van der Waals surface area (Å²) in [4.78, 5) is 21.8. The third-order valence-electron chi connectivity index (χ3n) is 4.87. The molecule has 0 radical (unpaired) electrons. The second-order valence-corrected chi connectivity index (χ2v) is 7.20. The van der Waals surface area contributed by atoms with Crippen LogP contribution in [0.4, 0.5) is 0 Å². The standard InChI is InChI=1S/C21H20ClN3O2/c1-13(20-3-2-10-27-20)24-21(26)17-12-19(14-6-8-23-9-7-14)25-18-5-4-15(22)11-16(17)18/h4-9,11-13,20H,2-3,10H2,1H3,(H,24,26)/t13-,20-/m1/s1. The first kappa shape index (κ1) is 17.9. The van der Waals surface area contributed by atoms with Crippen molar-refractivity contribution in [2.45, 2.75) is 31.9 Å². The number of carbonyl (C=O) groups is 1. The van der Waals surface area contributed by atoms with Gasteiger partial charge < -0.3 is 10.1 Å². The Morgan fingerprint density at radius 2 is 2.07 bits per heavy atom. The molecule has 3 aromatic rings. The molecule has 138 valence electrons. The largest absolute Gasteiger partial charge is 0.376 e. The summed E-state index contributed by atoms with van der Waals surface area (Å²) in [5.41, 5.74) is 2.91. The van der Waals surface area contributed by atoms with Gasteiger partial charge in [-0.05, 0) is 56.2 Å². The second-order valence-electron chi connectivity index (χ2n) is 6.77. The highest BCUT2D eigenvalue weighted by atomic mass is 35.5. The van der Waals surface area contributed by atoms with Gasteiger partial charge in [0.2, 0.25) is 0 Å². The predicted octanol–water partition coefficient (Wildman–Crippen LogP) is 4.25. The van der Waals surface area contributed by atoms with E-state index in [1.165, 1.54) is 0 Å². The summed E-state index contributed by atoms with van der Waals surface area (Å²) in [6.07, 6.45) is 5.48. The maximum Gasteiger partial charge on any atom is 0.252 e. The van der Waals surface area contributed by atoms with E-state index in [4.69, 9.17) is 21.3 Å². The first-order chi connectivity index (χ1) is 13.1. The number of rotatable bonds is 4. The van der Waals surface area contributed by atoms with Crippen LogP contribution in [0, 0.1) is 0 Å². The van der Waals surface area contributed by atoms with Gasteiger partial charge in [-0.2, -0.15) is 0 Å². The Bertz CT molecular complexity index is 972. The summed E-state index contributed by atoms with van der Waals surface area (Å²) in [6.45, 7) is 2.74. The van der Waals surface area contributed by atoms with E-state index in [0.717, 1.165) is 41.6 Å². The summed E-state index contributed by atoms with van der Waals surface area (Å²) >= 11 is 6.17. The van der Waals surface area contributed by atoms with E-state index >= 15 is 0 Å². The molecule has 4 rings (SSSR count). The van der Waals surface area contributed by atoms with Crippen molar-refractivity contribution in [3.8, 4) is 11.3 Å². The molecule has 1 fully saturated rings. The maximum atomic E-state index is 13.1. The lowest BCUT2D eigenvalue weighted by Gasteiger charge is -2.20. The average molecular weight is 382 g/mol. The molecule has 27 heavy (non-hydrogen) atoms. The first-order valence-corrected chi connectivity index (χ1v) is 9.43. The fourth-order valence-electron chi connectivity index (χ4n) is 3.43. The Balaban J connectivity index is 1.75. The Morgan fingerprint density at radius 1 is 1.26 bits per heavy atom. The van der Waals surface area contributed by atoms with Crippen molar-refractivity contribution in [3.05, 3.63) is 59.4 Å². The number of ether oxygens (including phenoxy) is 1. The van der Waals surface area contributed by atoms with Crippen LogP contribution in [0.2, 0.25) is 5.02 Å². The molecule has 0 unspecified atom stereocenters. The third-order valence-corrected chi connectivity index (χ3v) is 5.11. The average Bonchev–Trinajstić information content (AvgIpc) is 3.23. The topological polar surface area (TPSA) is 64.1 Å². The highest BCUT2D eigenvalue weighted by molar-refractivity contribution is 6.31. The van der Waals surface area contributed by atoms with Crippen LogP contribution in [0.15, 0.2) is 48.8 Å². The zero-order chi connectivity index (χ0) is 18.8. The molecule has 1 aromatic carbocycles. The molecule has 2 aromatic heterocycles. The van der Waals surface area contributed by atoms with Gasteiger partial charge in [0.15, 0.2) is 0 Å². The lowest BCUT2D eigenvalue weighted by Crippen LogP contribution is -2.40. The molecule has 0 spiro atoms. The van der Waals surface area contributed by atoms with Crippen molar-refractivity contribution in [1.29, 1.82) is 0 Å². The number of aromatic nitrogens is 2. The Hall–Kier alpha value is -2.50. The number of benzene rings is 1. The Morgan fingerprint density at radius 3 is 2.81 bits per heavy atom. The lowest BCUT2D eigenvalue weighted by molar-refractivity contribution is 0.0713. The molecule has 5 nitrogen and oxygen atoms in total. The van der Waals surface area contributed by atoms with E-state index in [-0.39, 0.29) is 18.1 Å².